The van der Waals surface area contributed by atoms with Gasteiger partial charge < -0.3 is 14.8 Å². The van der Waals surface area contributed by atoms with E-state index in [0.29, 0.717) is 6.04 Å². The molecular formula is C11H23NO2. The summed E-state index contributed by atoms with van der Waals surface area (Å²) in [6.45, 7) is 7.00. The molecule has 0 radical (unpaired) electrons. The van der Waals surface area contributed by atoms with Crippen molar-refractivity contribution < 1.29 is 9.47 Å². The van der Waals surface area contributed by atoms with E-state index in [-0.39, 0.29) is 5.60 Å². The fourth-order valence-corrected chi connectivity index (χ4v) is 1.86. The van der Waals surface area contributed by atoms with Crippen molar-refractivity contribution >= 4 is 0 Å². The third-order valence-electron chi connectivity index (χ3n) is 2.93. The first-order chi connectivity index (χ1) is 6.70. The number of rotatable bonds is 6. The molecule has 1 aliphatic rings. The molecule has 0 saturated carbocycles. The van der Waals surface area contributed by atoms with Crippen molar-refractivity contribution in [2.75, 3.05) is 26.9 Å². The number of nitrogens with one attached hydrogen (secondary N) is 1. The molecular weight excluding hydrogens is 178 g/mol. The Morgan fingerprint density at radius 3 is 2.86 bits per heavy atom. The fraction of sp³-hybridized carbons (Fsp3) is 1.00. The van der Waals surface area contributed by atoms with Crippen LogP contribution in [-0.4, -0.2) is 38.5 Å². The number of ether oxygens (including phenoxy) is 2. The van der Waals surface area contributed by atoms with Crippen molar-refractivity contribution in [1.29, 1.82) is 0 Å². The Bertz CT molecular complexity index is 155. The molecule has 0 aromatic rings. The molecule has 1 rings (SSSR count). The fourth-order valence-electron chi connectivity index (χ4n) is 1.86. The predicted octanol–water partition coefficient (Wildman–Crippen LogP) is 1.57. The average Bonchev–Trinajstić information content (AvgIpc) is 2.60. The predicted molar refractivity (Wildman–Crippen MR) is 57.5 cm³/mol. The molecule has 3 nitrogen and oxygen atoms in total. The van der Waals surface area contributed by atoms with E-state index in [1.54, 1.807) is 7.11 Å². The van der Waals surface area contributed by atoms with Gasteiger partial charge in [0.05, 0.1) is 12.2 Å². The van der Waals surface area contributed by atoms with Crippen molar-refractivity contribution in [3.05, 3.63) is 0 Å². The van der Waals surface area contributed by atoms with E-state index in [9.17, 15) is 0 Å². The SMILES string of the molecule is CCC(COC)NCC1(C)CCCO1. The molecule has 1 fully saturated rings. The van der Waals surface area contributed by atoms with Crippen LogP contribution < -0.4 is 5.32 Å². The topological polar surface area (TPSA) is 30.5 Å². The second-order valence-corrected chi connectivity index (χ2v) is 4.34. The molecule has 0 aliphatic carbocycles. The number of methoxy groups -OCH3 is 1. The molecule has 1 N–H and O–H groups in total. The standard InChI is InChI=1S/C11H23NO2/c1-4-10(8-13-3)12-9-11(2)6-5-7-14-11/h10,12H,4-9H2,1-3H3. The Kier molecular flexibility index (Phi) is 4.85. The highest BCUT2D eigenvalue weighted by Gasteiger charge is 2.29. The molecule has 1 heterocycles. The third kappa shape index (κ3) is 3.56. The van der Waals surface area contributed by atoms with Crippen LogP contribution in [0.25, 0.3) is 0 Å². The highest BCUT2D eigenvalue weighted by Crippen LogP contribution is 2.24. The van der Waals surface area contributed by atoms with Crippen LogP contribution in [0.4, 0.5) is 0 Å². The molecule has 14 heavy (non-hydrogen) atoms. The molecule has 1 saturated heterocycles. The summed E-state index contributed by atoms with van der Waals surface area (Å²) in [5, 5.41) is 3.50. The summed E-state index contributed by atoms with van der Waals surface area (Å²) in [5.74, 6) is 0. The Morgan fingerprint density at radius 2 is 2.36 bits per heavy atom. The van der Waals surface area contributed by atoms with Gasteiger partial charge in [-0.15, -0.1) is 0 Å². The monoisotopic (exact) mass is 201 g/mol. The summed E-state index contributed by atoms with van der Waals surface area (Å²) >= 11 is 0. The van der Waals surface area contributed by atoms with Crippen molar-refractivity contribution in [2.24, 2.45) is 0 Å². The van der Waals surface area contributed by atoms with Gasteiger partial charge in [-0.2, -0.15) is 0 Å². The van der Waals surface area contributed by atoms with Crippen LogP contribution in [0.1, 0.15) is 33.1 Å². The Labute approximate surface area is 87.2 Å². The maximum Gasteiger partial charge on any atom is 0.0779 e. The quantitative estimate of drug-likeness (QED) is 0.707. The van der Waals surface area contributed by atoms with Gasteiger partial charge in [0, 0.05) is 26.3 Å². The summed E-state index contributed by atoms with van der Waals surface area (Å²) in [7, 11) is 1.75. The van der Waals surface area contributed by atoms with E-state index >= 15 is 0 Å². The van der Waals surface area contributed by atoms with Crippen LogP contribution in [-0.2, 0) is 9.47 Å². The summed E-state index contributed by atoms with van der Waals surface area (Å²) < 4.78 is 10.8. The highest BCUT2D eigenvalue weighted by molar-refractivity contribution is 4.83. The van der Waals surface area contributed by atoms with Gasteiger partial charge >= 0.3 is 0 Å². The molecule has 0 amide bonds. The Hall–Kier alpha value is -0.120. The van der Waals surface area contributed by atoms with Gasteiger partial charge in [-0.3, -0.25) is 0 Å². The van der Waals surface area contributed by atoms with E-state index < -0.39 is 0 Å². The molecule has 0 aromatic carbocycles. The van der Waals surface area contributed by atoms with Gasteiger partial charge in [-0.1, -0.05) is 6.92 Å². The second-order valence-electron chi connectivity index (χ2n) is 4.34. The van der Waals surface area contributed by atoms with E-state index in [1.807, 2.05) is 0 Å². The Balaban J connectivity index is 2.23. The zero-order valence-corrected chi connectivity index (χ0v) is 9.64. The molecule has 3 heteroatoms. The highest BCUT2D eigenvalue weighted by atomic mass is 16.5. The molecule has 84 valence electrons. The van der Waals surface area contributed by atoms with E-state index in [4.69, 9.17) is 9.47 Å². The van der Waals surface area contributed by atoms with Crippen LogP contribution in [0.5, 0.6) is 0 Å². The van der Waals surface area contributed by atoms with Crippen molar-refractivity contribution in [1.82, 2.24) is 5.32 Å². The average molecular weight is 201 g/mol. The third-order valence-corrected chi connectivity index (χ3v) is 2.93. The van der Waals surface area contributed by atoms with Crippen LogP contribution in [0.2, 0.25) is 0 Å². The lowest BCUT2D eigenvalue weighted by molar-refractivity contribution is 0.0160. The van der Waals surface area contributed by atoms with Crippen LogP contribution in [0, 0.1) is 0 Å². The lowest BCUT2D eigenvalue weighted by atomic mass is 10.0. The van der Waals surface area contributed by atoms with E-state index in [0.717, 1.165) is 26.2 Å². The van der Waals surface area contributed by atoms with Crippen molar-refractivity contribution in [3.63, 3.8) is 0 Å². The van der Waals surface area contributed by atoms with Gasteiger partial charge in [0.15, 0.2) is 0 Å². The molecule has 2 atom stereocenters. The van der Waals surface area contributed by atoms with Crippen LogP contribution >= 0.6 is 0 Å². The van der Waals surface area contributed by atoms with Crippen LogP contribution in [0.3, 0.4) is 0 Å². The zero-order valence-electron chi connectivity index (χ0n) is 9.64. The van der Waals surface area contributed by atoms with Crippen LogP contribution in [0.15, 0.2) is 0 Å². The van der Waals surface area contributed by atoms with Gasteiger partial charge in [0.25, 0.3) is 0 Å². The first kappa shape index (κ1) is 12.0. The molecule has 1 aliphatic heterocycles. The normalized spacial score (nSPS) is 29.4. The maximum atomic E-state index is 5.71. The van der Waals surface area contributed by atoms with Gasteiger partial charge in [0.2, 0.25) is 0 Å². The minimum Gasteiger partial charge on any atom is -0.383 e. The molecule has 0 bridgehead atoms. The maximum absolute atomic E-state index is 5.71. The largest absolute Gasteiger partial charge is 0.383 e. The molecule has 0 spiro atoms. The minimum absolute atomic E-state index is 0.0567. The number of hydrogen-bond donors (Lipinski definition) is 1. The van der Waals surface area contributed by atoms with E-state index in [1.165, 1.54) is 12.8 Å². The summed E-state index contributed by atoms with van der Waals surface area (Å²) in [5.41, 5.74) is 0.0567. The van der Waals surface area contributed by atoms with E-state index in [2.05, 4.69) is 19.2 Å². The zero-order chi connectivity index (χ0) is 10.4. The Morgan fingerprint density at radius 1 is 1.57 bits per heavy atom. The van der Waals surface area contributed by atoms with Crippen molar-refractivity contribution in [3.8, 4) is 0 Å². The first-order valence-corrected chi connectivity index (χ1v) is 5.56. The van der Waals surface area contributed by atoms with Gasteiger partial charge in [-0.05, 0) is 26.2 Å². The summed E-state index contributed by atoms with van der Waals surface area (Å²) in [4.78, 5) is 0. The minimum atomic E-state index is 0.0567. The smallest absolute Gasteiger partial charge is 0.0779 e. The molecule has 2 unspecified atom stereocenters. The first-order valence-electron chi connectivity index (χ1n) is 5.56. The summed E-state index contributed by atoms with van der Waals surface area (Å²) in [6.07, 6.45) is 3.46. The van der Waals surface area contributed by atoms with Crippen molar-refractivity contribution in [2.45, 2.75) is 44.8 Å². The summed E-state index contributed by atoms with van der Waals surface area (Å²) in [6, 6.07) is 0.459. The number of hydrogen-bond acceptors (Lipinski definition) is 3. The second kappa shape index (κ2) is 5.69. The van der Waals surface area contributed by atoms with Gasteiger partial charge in [0.1, 0.15) is 0 Å². The van der Waals surface area contributed by atoms with Gasteiger partial charge in [-0.25, -0.2) is 0 Å². The lowest BCUT2D eigenvalue weighted by Crippen LogP contribution is -2.43. The lowest BCUT2D eigenvalue weighted by Gasteiger charge is -2.26. The molecule has 0 aromatic heterocycles.